The van der Waals surface area contributed by atoms with Crippen LogP contribution in [0.2, 0.25) is 0 Å². The van der Waals surface area contributed by atoms with Crippen molar-refractivity contribution < 1.29 is 0 Å². The van der Waals surface area contributed by atoms with Crippen molar-refractivity contribution in [1.82, 2.24) is 4.90 Å². The maximum absolute atomic E-state index is 5.61. The summed E-state index contributed by atoms with van der Waals surface area (Å²) in [6, 6.07) is 0.566. The van der Waals surface area contributed by atoms with E-state index in [1.165, 1.54) is 18.8 Å². The molecule has 1 aliphatic heterocycles. The van der Waals surface area contributed by atoms with Crippen LogP contribution in [0.3, 0.4) is 0 Å². The second-order valence-electron chi connectivity index (χ2n) is 3.91. The normalized spacial score (nSPS) is 26.0. The second-order valence-corrected chi connectivity index (χ2v) is 5.98. The molecule has 2 nitrogen and oxygen atoms in total. The van der Waals surface area contributed by atoms with Crippen LogP contribution in [-0.2, 0) is 0 Å². The molecule has 2 N–H and O–H groups in total. The molecule has 2 atom stereocenters. The minimum atomic E-state index is 0.566. The van der Waals surface area contributed by atoms with Gasteiger partial charge in [0.2, 0.25) is 0 Å². The van der Waals surface area contributed by atoms with Crippen molar-refractivity contribution in [2.24, 2.45) is 5.73 Å². The number of hydrogen-bond acceptors (Lipinski definition) is 3. The summed E-state index contributed by atoms with van der Waals surface area (Å²) >= 11 is 7.05. The van der Waals surface area contributed by atoms with E-state index < -0.39 is 0 Å². The first-order chi connectivity index (χ1) is 6.63. The van der Waals surface area contributed by atoms with Crippen molar-refractivity contribution in [2.45, 2.75) is 38.0 Å². The van der Waals surface area contributed by atoms with Crippen molar-refractivity contribution >= 4 is 29.0 Å². The van der Waals surface area contributed by atoms with Gasteiger partial charge < -0.3 is 5.73 Å². The number of nitrogens with zero attached hydrogens (tertiary/aromatic N) is 1. The van der Waals surface area contributed by atoms with E-state index >= 15 is 0 Å². The monoisotopic (exact) mass is 232 g/mol. The van der Waals surface area contributed by atoms with Crippen molar-refractivity contribution in [2.75, 3.05) is 18.8 Å². The lowest BCUT2D eigenvalue weighted by Gasteiger charge is -2.36. The van der Waals surface area contributed by atoms with Crippen molar-refractivity contribution in [3.8, 4) is 0 Å². The fourth-order valence-electron chi connectivity index (χ4n) is 1.94. The highest BCUT2D eigenvalue weighted by Gasteiger charge is 2.23. The first-order valence-electron chi connectivity index (χ1n) is 5.27. The zero-order chi connectivity index (χ0) is 10.6. The maximum atomic E-state index is 5.61. The lowest BCUT2D eigenvalue weighted by atomic mass is 10.1. The third-order valence-corrected chi connectivity index (χ3v) is 4.00. The van der Waals surface area contributed by atoms with Gasteiger partial charge in [0.15, 0.2) is 0 Å². The molecule has 0 aliphatic carbocycles. The zero-order valence-corrected chi connectivity index (χ0v) is 10.7. The summed E-state index contributed by atoms with van der Waals surface area (Å²) in [6.45, 7) is 6.89. The molecule has 0 aromatic rings. The van der Waals surface area contributed by atoms with Gasteiger partial charge >= 0.3 is 0 Å². The Morgan fingerprint density at radius 3 is 2.93 bits per heavy atom. The summed E-state index contributed by atoms with van der Waals surface area (Å²) in [7, 11) is 0. The van der Waals surface area contributed by atoms with Gasteiger partial charge in [-0.05, 0) is 6.42 Å². The van der Waals surface area contributed by atoms with Gasteiger partial charge in [-0.25, -0.2) is 0 Å². The van der Waals surface area contributed by atoms with Crippen LogP contribution < -0.4 is 5.73 Å². The van der Waals surface area contributed by atoms with E-state index in [1.807, 2.05) is 0 Å². The standard InChI is InChI=1S/C10H20N2S2/c1-3-9(6-10(11)13)12-4-5-14-8(2)7-12/h8-9H,3-7H2,1-2H3,(H2,11,13). The molecule has 1 heterocycles. The molecule has 1 rings (SSSR count). The van der Waals surface area contributed by atoms with Gasteiger partial charge in [-0.2, -0.15) is 11.8 Å². The van der Waals surface area contributed by atoms with E-state index in [4.69, 9.17) is 18.0 Å². The number of hydrogen-bond donors (Lipinski definition) is 1. The molecule has 1 fully saturated rings. The summed E-state index contributed by atoms with van der Waals surface area (Å²) in [5.41, 5.74) is 5.61. The molecule has 0 saturated carbocycles. The Morgan fingerprint density at radius 2 is 2.43 bits per heavy atom. The van der Waals surface area contributed by atoms with Crippen LogP contribution in [0.4, 0.5) is 0 Å². The summed E-state index contributed by atoms with van der Waals surface area (Å²) in [6.07, 6.45) is 2.03. The summed E-state index contributed by atoms with van der Waals surface area (Å²) in [4.78, 5) is 3.20. The molecule has 0 spiro atoms. The van der Waals surface area contributed by atoms with E-state index in [-0.39, 0.29) is 0 Å². The Labute approximate surface area is 96.6 Å². The van der Waals surface area contributed by atoms with Crippen LogP contribution in [0.1, 0.15) is 26.7 Å². The molecule has 0 aromatic carbocycles. The summed E-state index contributed by atoms with van der Waals surface area (Å²) < 4.78 is 0. The van der Waals surface area contributed by atoms with E-state index in [0.717, 1.165) is 18.1 Å². The highest BCUT2D eigenvalue weighted by molar-refractivity contribution is 7.99. The second kappa shape index (κ2) is 5.93. The predicted molar refractivity (Wildman–Crippen MR) is 69.0 cm³/mol. The Bertz CT molecular complexity index is 197. The fourth-order valence-corrected chi connectivity index (χ4v) is 3.17. The lowest BCUT2D eigenvalue weighted by molar-refractivity contribution is 0.204. The smallest absolute Gasteiger partial charge is 0.0743 e. The molecule has 4 heteroatoms. The van der Waals surface area contributed by atoms with Crippen molar-refractivity contribution in [1.29, 1.82) is 0 Å². The van der Waals surface area contributed by atoms with E-state index in [2.05, 4.69) is 30.5 Å². The number of rotatable bonds is 4. The highest BCUT2D eigenvalue weighted by atomic mass is 32.2. The van der Waals surface area contributed by atoms with Crippen LogP contribution in [0.15, 0.2) is 0 Å². The van der Waals surface area contributed by atoms with Crippen LogP contribution in [0.5, 0.6) is 0 Å². The SMILES string of the molecule is CCC(CC(N)=S)N1CCSC(C)C1. The van der Waals surface area contributed by atoms with Crippen LogP contribution in [0.25, 0.3) is 0 Å². The zero-order valence-electron chi connectivity index (χ0n) is 9.03. The highest BCUT2D eigenvalue weighted by Crippen LogP contribution is 2.21. The average Bonchev–Trinajstić information content (AvgIpc) is 2.14. The summed E-state index contributed by atoms with van der Waals surface area (Å²) in [5.74, 6) is 1.25. The largest absolute Gasteiger partial charge is 0.393 e. The van der Waals surface area contributed by atoms with Gasteiger partial charge in [-0.3, -0.25) is 4.90 Å². The molecular weight excluding hydrogens is 212 g/mol. The van der Waals surface area contributed by atoms with Gasteiger partial charge in [-0.15, -0.1) is 0 Å². The third-order valence-electron chi connectivity index (χ3n) is 2.70. The molecule has 14 heavy (non-hydrogen) atoms. The van der Waals surface area contributed by atoms with Crippen LogP contribution in [0, 0.1) is 0 Å². The van der Waals surface area contributed by atoms with Gasteiger partial charge in [0.1, 0.15) is 0 Å². The topological polar surface area (TPSA) is 29.3 Å². The average molecular weight is 232 g/mol. The Kier molecular flexibility index (Phi) is 5.20. The number of thiocarbonyl (C=S) groups is 1. The van der Waals surface area contributed by atoms with Crippen LogP contribution in [-0.4, -0.2) is 40.0 Å². The van der Waals surface area contributed by atoms with E-state index in [9.17, 15) is 0 Å². The Hall–Kier alpha value is 0.200. The van der Waals surface area contributed by atoms with Gasteiger partial charge in [0.05, 0.1) is 4.99 Å². The van der Waals surface area contributed by atoms with Crippen molar-refractivity contribution in [3.63, 3.8) is 0 Å². The lowest BCUT2D eigenvalue weighted by Crippen LogP contribution is -2.44. The van der Waals surface area contributed by atoms with Gasteiger partial charge in [-0.1, -0.05) is 26.1 Å². The minimum Gasteiger partial charge on any atom is -0.393 e. The molecule has 0 amide bonds. The number of nitrogens with two attached hydrogens (primary N) is 1. The molecule has 0 aromatic heterocycles. The molecule has 1 aliphatic rings. The van der Waals surface area contributed by atoms with Crippen molar-refractivity contribution in [3.05, 3.63) is 0 Å². The first kappa shape index (κ1) is 12.3. The fraction of sp³-hybridized carbons (Fsp3) is 0.900. The molecule has 2 unspecified atom stereocenters. The molecule has 82 valence electrons. The van der Waals surface area contributed by atoms with Gasteiger partial charge in [0, 0.05) is 36.6 Å². The number of thioether (sulfide) groups is 1. The van der Waals surface area contributed by atoms with Gasteiger partial charge in [0.25, 0.3) is 0 Å². The summed E-state index contributed by atoms with van der Waals surface area (Å²) in [5, 5.41) is 0.754. The molecule has 0 radical (unpaired) electrons. The molecule has 0 bridgehead atoms. The minimum absolute atomic E-state index is 0.566. The van der Waals surface area contributed by atoms with Crippen LogP contribution >= 0.6 is 24.0 Å². The Morgan fingerprint density at radius 1 is 1.71 bits per heavy atom. The van der Waals surface area contributed by atoms with E-state index in [1.54, 1.807) is 0 Å². The molecular formula is C10H20N2S2. The predicted octanol–water partition coefficient (Wildman–Crippen LogP) is 1.88. The molecule has 1 saturated heterocycles. The third kappa shape index (κ3) is 3.75. The maximum Gasteiger partial charge on any atom is 0.0743 e. The Balaban J connectivity index is 2.46. The quantitative estimate of drug-likeness (QED) is 0.750. The van der Waals surface area contributed by atoms with E-state index in [0.29, 0.717) is 11.0 Å². The first-order valence-corrected chi connectivity index (χ1v) is 6.73.